The molecule has 0 aromatic heterocycles. The Kier molecular flexibility index (Phi) is 2.86. The Morgan fingerprint density at radius 1 is 1.28 bits per heavy atom. The van der Waals surface area contributed by atoms with Crippen molar-refractivity contribution in [1.29, 1.82) is 0 Å². The Hall–Kier alpha value is -1.35. The van der Waals surface area contributed by atoms with Crippen molar-refractivity contribution in [2.45, 2.75) is 31.7 Å². The van der Waals surface area contributed by atoms with Gasteiger partial charge in [0.2, 0.25) is 0 Å². The monoisotopic (exact) mass is 245 g/mol. The number of rotatable bonds is 2. The van der Waals surface area contributed by atoms with Crippen molar-refractivity contribution in [1.82, 2.24) is 5.32 Å². The number of carbonyl (C=O) groups is 1. The molecule has 1 aliphatic heterocycles. The number of benzene rings is 1. The van der Waals surface area contributed by atoms with Crippen molar-refractivity contribution in [2.75, 3.05) is 13.7 Å². The number of methoxy groups -OCH3 is 1. The van der Waals surface area contributed by atoms with Crippen LogP contribution >= 0.6 is 0 Å². The fourth-order valence-corrected chi connectivity index (χ4v) is 2.95. The van der Waals surface area contributed by atoms with Crippen molar-refractivity contribution >= 4 is 5.97 Å². The zero-order chi connectivity index (χ0) is 12.6. The Balaban J connectivity index is 1.74. The van der Waals surface area contributed by atoms with Crippen LogP contribution in [0.4, 0.5) is 0 Å². The highest BCUT2D eigenvalue weighted by Gasteiger charge is 2.45. The summed E-state index contributed by atoms with van der Waals surface area (Å²) in [6, 6.07) is 8.26. The summed E-state index contributed by atoms with van der Waals surface area (Å²) in [7, 11) is 1.41. The lowest BCUT2D eigenvalue weighted by Crippen LogP contribution is -2.32. The third-order valence-electron chi connectivity index (χ3n) is 4.37. The SMILES string of the molecule is COC(=O)c1ccc([C@@H]2CC3(CCN2)CC3)cc1. The number of nitrogens with one attached hydrogen (secondary N) is 1. The number of carbonyl (C=O) groups excluding carboxylic acids is 1. The first-order valence-corrected chi connectivity index (χ1v) is 6.64. The first kappa shape index (κ1) is 11.7. The fourth-order valence-electron chi connectivity index (χ4n) is 2.95. The molecule has 0 amide bonds. The molecule has 1 aromatic carbocycles. The van der Waals surface area contributed by atoms with Gasteiger partial charge < -0.3 is 10.1 Å². The Morgan fingerprint density at radius 3 is 2.61 bits per heavy atom. The van der Waals surface area contributed by atoms with E-state index >= 15 is 0 Å². The van der Waals surface area contributed by atoms with Gasteiger partial charge in [0.25, 0.3) is 0 Å². The highest BCUT2D eigenvalue weighted by molar-refractivity contribution is 5.89. The zero-order valence-corrected chi connectivity index (χ0v) is 10.7. The van der Waals surface area contributed by atoms with E-state index in [0.717, 1.165) is 6.54 Å². The topological polar surface area (TPSA) is 38.3 Å². The van der Waals surface area contributed by atoms with Gasteiger partial charge in [-0.05, 0) is 55.3 Å². The lowest BCUT2D eigenvalue weighted by Gasteiger charge is -2.30. The van der Waals surface area contributed by atoms with E-state index in [1.165, 1.54) is 38.4 Å². The molecule has 3 nitrogen and oxygen atoms in total. The van der Waals surface area contributed by atoms with Crippen molar-refractivity contribution in [3.05, 3.63) is 35.4 Å². The second kappa shape index (κ2) is 4.39. The van der Waals surface area contributed by atoms with Gasteiger partial charge in [-0.25, -0.2) is 4.79 Å². The van der Waals surface area contributed by atoms with E-state index < -0.39 is 0 Å². The molecule has 3 heteroatoms. The van der Waals surface area contributed by atoms with Crippen LogP contribution in [0.3, 0.4) is 0 Å². The highest BCUT2D eigenvalue weighted by Crippen LogP contribution is 2.55. The van der Waals surface area contributed by atoms with Crippen LogP contribution in [0.5, 0.6) is 0 Å². The average Bonchev–Trinajstić information content (AvgIpc) is 3.17. The molecule has 2 aliphatic rings. The third kappa shape index (κ3) is 2.15. The van der Waals surface area contributed by atoms with E-state index in [1.807, 2.05) is 24.3 Å². The van der Waals surface area contributed by atoms with E-state index in [1.54, 1.807) is 0 Å². The molecular formula is C15H19NO2. The summed E-state index contributed by atoms with van der Waals surface area (Å²) in [5.41, 5.74) is 2.54. The molecule has 0 bridgehead atoms. The fraction of sp³-hybridized carbons (Fsp3) is 0.533. The van der Waals surface area contributed by atoms with E-state index in [2.05, 4.69) is 5.32 Å². The number of hydrogen-bond acceptors (Lipinski definition) is 3. The Bertz CT molecular complexity index is 448. The van der Waals surface area contributed by atoms with Gasteiger partial charge in [0.05, 0.1) is 12.7 Å². The summed E-state index contributed by atoms with van der Waals surface area (Å²) in [5.74, 6) is -0.267. The smallest absolute Gasteiger partial charge is 0.337 e. The summed E-state index contributed by atoms with van der Waals surface area (Å²) in [4.78, 5) is 11.4. The molecule has 1 N–H and O–H groups in total. The predicted molar refractivity (Wildman–Crippen MR) is 69.4 cm³/mol. The molecule has 2 fully saturated rings. The number of hydrogen-bond donors (Lipinski definition) is 1. The quantitative estimate of drug-likeness (QED) is 0.814. The Labute approximate surface area is 108 Å². The molecule has 1 heterocycles. The van der Waals surface area contributed by atoms with E-state index in [4.69, 9.17) is 4.74 Å². The van der Waals surface area contributed by atoms with Gasteiger partial charge in [-0.3, -0.25) is 0 Å². The standard InChI is InChI=1S/C15H19NO2/c1-18-14(17)12-4-2-11(3-5-12)13-10-15(6-7-15)8-9-16-13/h2-5,13,16H,6-10H2,1H3/t13-/m0/s1. The van der Waals surface area contributed by atoms with Gasteiger partial charge in [0.15, 0.2) is 0 Å². The molecule has 1 saturated heterocycles. The predicted octanol–water partition coefficient (Wildman–Crippen LogP) is 2.68. The van der Waals surface area contributed by atoms with Crippen LogP contribution in [0.15, 0.2) is 24.3 Å². The van der Waals surface area contributed by atoms with Gasteiger partial charge in [-0.15, -0.1) is 0 Å². The molecule has 0 unspecified atom stereocenters. The molecular weight excluding hydrogens is 226 g/mol. The molecule has 0 radical (unpaired) electrons. The van der Waals surface area contributed by atoms with Gasteiger partial charge in [0.1, 0.15) is 0 Å². The molecule has 1 spiro atoms. The maximum absolute atomic E-state index is 11.4. The van der Waals surface area contributed by atoms with Crippen LogP contribution in [0.1, 0.15) is 47.6 Å². The molecule has 1 aromatic rings. The normalized spacial score (nSPS) is 24.8. The highest BCUT2D eigenvalue weighted by atomic mass is 16.5. The summed E-state index contributed by atoms with van der Waals surface area (Å²) in [6.45, 7) is 1.11. The molecule has 3 rings (SSSR count). The first-order valence-electron chi connectivity index (χ1n) is 6.64. The largest absolute Gasteiger partial charge is 0.465 e. The third-order valence-corrected chi connectivity index (χ3v) is 4.37. The van der Waals surface area contributed by atoms with Crippen LogP contribution in [-0.4, -0.2) is 19.6 Å². The maximum atomic E-state index is 11.4. The van der Waals surface area contributed by atoms with Crippen LogP contribution in [-0.2, 0) is 4.74 Å². The zero-order valence-electron chi connectivity index (χ0n) is 10.7. The van der Waals surface area contributed by atoms with E-state index in [-0.39, 0.29) is 5.97 Å². The number of esters is 1. The molecule has 18 heavy (non-hydrogen) atoms. The summed E-state index contributed by atoms with van der Waals surface area (Å²) < 4.78 is 4.71. The second-order valence-electron chi connectivity index (χ2n) is 5.57. The second-order valence-corrected chi connectivity index (χ2v) is 5.57. The van der Waals surface area contributed by atoms with Gasteiger partial charge >= 0.3 is 5.97 Å². The van der Waals surface area contributed by atoms with Gasteiger partial charge in [-0.2, -0.15) is 0 Å². The number of ether oxygens (including phenoxy) is 1. The van der Waals surface area contributed by atoms with Gasteiger partial charge in [0, 0.05) is 6.04 Å². The van der Waals surface area contributed by atoms with Crippen LogP contribution in [0.25, 0.3) is 0 Å². The number of piperidine rings is 1. The molecule has 1 saturated carbocycles. The molecule has 1 atom stereocenters. The summed E-state index contributed by atoms with van der Waals surface area (Å²) in [6.07, 6.45) is 5.35. The van der Waals surface area contributed by atoms with E-state index in [0.29, 0.717) is 17.0 Å². The maximum Gasteiger partial charge on any atom is 0.337 e. The minimum atomic E-state index is -0.267. The first-order chi connectivity index (χ1) is 8.72. The van der Waals surface area contributed by atoms with Crippen molar-refractivity contribution in [2.24, 2.45) is 5.41 Å². The lowest BCUT2D eigenvalue weighted by atomic mass is 9.86. The minimum Gasteiger partial charge on any atom is -0.465 e. The van der Waals surface area contributed by atoms with Crippen molar-refractivity contribution in [3.8, 4) is 0 Å². The van der Waals surface area contributed by atoms with Crippen molar-refractivity contribution in [3.63, 3.8) is 0 Å². The molecule has 1 aliphatic carbocycles. The minimum absolute atomic E-state index is 0.267. The van der Waals surface area contributed by atoms with Crippen LogP contribution < -0.4 is 5.32 Å². The summed E-state index contributed by atoms with van der Waals surface area (Å²) in [5, 5.41) is 3.58. The average molecular weight is 245 g/mol. The van der Waals surface area contributed by atoms with Crippen molar-refractivity contribution < 1.29 is 9.53 Å². The summed E-state index contributed by atoms with van der Waals surface area (Å²) >= 11 is 0. The molecule has 96 valence electrons. The van der Waals surface area contributed by atoms with Crippen LogP contribution in [0.2, 0.25) is 0 Å². The van der Waals surface area contributed by atoms with Gasteiger partial charge in [-0.1, -0.05) is 12.1 Å². The van der Waals surface area contributed by atoms with Crippen LogP contribution in [0, 0.1) is 5.41 Å². The van der Waals surface area contributed by atoms with E-state index in [9.17, 15) is 4.79 Å². The lowest BCUT2D eigenvalue weighted by molar-refractivity contribution is 0.0600. The Morgan fingerprint density at radius 2 is 2.00 bits per heavy atom.